The summed E-state index contributed by atoms with van der Waals surface area (Å²) in [6.45, 7) is 4.87. The van der Waals surface area contributed by atoms with Crippen LogP contribution in [0.2, 0.25) is 0 Å². The van der Waals surface area contributed by atoms with Gasteiger partial charge in [0, 0.05) is 0 Å². The third kappa shape index (κ3) is 0.531. The van der Waals surface area contributed by atoms with Crippen molar-refractivity contribution in [1.29, 1.82) is 0 Å². The Morgan fingerprint density at radius 3 is 2.78 bits per heavy atom. The molecule has 3 unspecified atom stereocenters. The highest BCUT2D eigenvalue weighted by molar-refractivity contribution is 5.21. The maximum absolute atomic E-state index is 5.54. The average molecular weight is 123 g/mol. The van der Waals surface area contributed by atoms with Crippen LogP contribution in [0.4, 0.5) is 0 Å². The van der Waals surface area contributed by atoms with Crippen molar-refractivity contribution in [3.63, 3.8) is 0 Å². The van der Waals surface area contributed by atoms with Crippen LogP contribution in [0.15, 0.2) is 12.2 Å². The predicted molar refractivity (Wildman–Crippen MR) is 37.9 cm³/mol. The smallest absolute Gasteiger partial charge is 0.00457 e. The van der Waals surface area contributed by atoms with E-state index < -0.39 is 0 Å². The van der Waals surface area contributed by atoms with Crippen molar-refractivity contribution < 1.29 is 0 Å². The molecule has 0 bridgehead atoms. The summed E-state index contributed by atoms with van der Waals surface area (Å²) in [6, 6.07) is 0. The van der Waals surface area contributed by atoms with Crippen molar-refractivity contribution in [2.45, 2.75) is 12.8 Å². The van der Waals surface area contributed by atoms with Crippen LogP contribution in [0, 0.1) is 17.8 Å². The fraction of sp³-hybridized carbons (Fsp3) is 0.750. The van der Waals surface area contributed by atoms with Crippen molar-refractivity contribution in [2.75, 3.05) is 6.54 Å². The highest BCUT2D eigenvalue weighted by Crippen LogP contribution is 2.56. The van der Waals surface area contributed by atoms with E-state index in [0.29, 0.717) is 0 Å². The maximum Gasteiger partial charge on any atom is -0.00457 e. The molecule has 2 fully saturated rings. The van der Waals surface area contributed by atoms with Crippen LogP contribution in [-0.2, 0) is 0 Å². The molecular weight excluding hydrogens is 110 g/mol. The van der Waals surface area contributed by atoms with E-state index in [1.165, 1.54) is 18.4 Å². The van der Waals surface area contributed by atoms with Gasteiger partial charge in [-0.15, -0.1) is 0 Å². The van der Waals surface area contributed by atoms with Gasteiger partial charge in [0.05, 0.1) is 0 Å². The van der Waals surface area contributed by atoms with Gasteiger partial charge in [0.15, 0.2) is 0 Å². The van der Waals surface area contributed by atoms with E-state index in [2.05, 4.69) is 6.58 Å². The second kappa shape index (κ2) is 1.60. The number of rotatable bonds is 1. The summed E-state index contributed by atoms with van der Waals surface area (Å²) < 4.78 is 0. The third-order valence-electron chi connectivity index (χ3n) is 3.00. The molecule has 0 aromatic rings. The largest absolute Gasteiger partial charge is 0.330 e. The van der Waals surface area contributed by atoms with Gasteiger partial charge in [0.25, 0.3) is 0 Å². The molecule has 0 amide bonds. The standard InChI is InChI=1S/C8H13N/c1-5-2-8-6(4-9)3-7(5)8/h6-8H,1-4,9H2. The predicted octanol–water partition coefficient (Wildman–Crippen LogP) is 1.16. The fourth-order valence-electron chi connectivity index (χ4n) is 2.15. The first-order chi connectivity index (χ1) is 4.33. The molecule has 2 aliphatic carbocycles. The molecule has 1 nitrogen and oxygen atoms in total. The summed E-state index contributed by atoms with van der Waals surface area (Å²) >= 11 is 0. The molecule has 3 atom stereocenters. The Bertz CT molecular complexity index is 151. The SMILES string of the molecule is C=C1CC2C(CN)CC12. The second-order valence-electron chi connectivity index (χ2n) is 3.36. The van der Waals surface area contributed by atoms with E-state index in [0.717, 1.165) is 24.3 Å². The Morgan fingerprint density at radius 2 is 2.44 bits per heavy atom. The number of allylic oxidation sites excluding steroid dienone is 1. The van der Waals surface area contributed by atoms with Crippen LogP contribution < -0.4 is 5.73 Å². The molecule has 9 heavy (non-hydrogen) atoms. The zero-order valence-corrected chi connectivity index (χ0v) is 5.64. The Morgan fingerprint density at radius 1 is 1.67 bits per heavy atom. The topological polar surface area (TPSA) is 26.0 Å². The van der Waals surface area contributed by atoms with E-state index in [9.17, 15) is 0 Å². The lowest BCUT2D eigenvalue weighted by Crippen LogP contribution is -2.48. The van der Waals surface area contributed by atoms with Crippen molar-refractivity contribution >= 4 is 0 Å². The molecule has 1 heteroatoms. The lowest BCUT2D eigenvalue weighted by molar-refractivity contribution is 0.0431. The van der Waals surface area contributed by atoms with E-state index in [1.54, 1.807) is 0 Å². The number of hydrogen-bond acceptors (Lipinski definition) is 1. The zero-order chi connectivity index (χ0) is 6.43. The summed E-state index contributed by atoms with van der Waals surface area (Å²) in [4.78, 5) is 0. The average Bonchev–Trinajstić information content (AvgIpc) is 1.83. The number of nitrogens with two attached hydrogens (primary N) is 1. The molecule has 0 saturated heterocycles. The van der Waals surface area contributed by atoms with Crippen LogP contribution in [0.25, 0.3) is 0 Å². The van der Waals surface area contributed by atoms with Crippen molar-refractivity contribution in [1.82, 2.24) is 0 Å². The van der Waals surface area contributed by atoms with Gasteiger partial charge in [0.2, 0.25) is 0 Å². The Hall–Kier alpha value is -0.300. The minimum atomic E-state index is 0.848. The summed E-state index contributed by atoms with van der Waals surface area (Å²) in [5.74, 6) is 2.68. The summed E-state index contributed by atoms with van der Waals surface area (Å²) in [7, 11) is 0. The van der Waals surface area contributed by atoms with Crippen LogP contribution in [-0.4, -0.2) is 6.54 Å². The molecule has 2 N–H and O–H groups in total. The van der Waals surface area contributed by atoms with Crippen molar-refractivity contribution in [3.05, 3.63) is 12.2 Å². The van der Waals surface area contributed by atoms with Gasteiger partial charge < -0.3 is 5.73 Å². The monoisotopic (exact) mass is 123 g/mol. The second-order valence-corrected chi connectivity index (χ2v) is 3.36. The summed E-state index contributed by atoms with van der Waals surface area (Å²) in [5.41, 5.74) is 7.01. The quantitative estimate of drug-likeness (QED) is 0.520. The van der Waals surface area contributed by atoms with Gasteiger partial charge in [-0.1, -0.05) is 12.2 Å². The minimum absolute atomic E-state index is 0.848. The first-order valence-electron chi connectivity index (χ1n) is 3.70. The van der Waals surface area contributed by atoms with Crippen LogP contribution in [0.5, 0.6) is 0 Å². The molecule has 0 spiro atoms. The molecule has 50 valence electrons. The van der Waals surface area contributed by atoms with E-state index in [-0.39, 0.29) is 0 Å². The molecule has 2 aliphatic rings. The molecular formula is C8H13N. The molecule has 0 aromatic carbocycles. The summed E-state index contributed by atoms with van der Waals surface area (Å²) in [5, 5.41) is 0. The minimum Gasteiger partial charge on any atom is -0.330 e. The Labute approximate surface area is 55.9 Å². The maximum atomic E-state index is 5.54. The number of fused-ring (bicyclic) bond motifs is 1. The first-order valence-corrected chi connectivity index (χ1v) is 3.70. The summed E-state index contributed by atoms with van der Waals surface area (Å²) in [6.07, 6.45) is 2.60. The van der Waals surface area contributed by atoms with Gasteiger partial charge in [-0.05, 0) is 37.1 Å². The molecule has 2 saturated carbocycles. The molecule has 0 aliphatic heterocycles. The highest BCUT2D eigenvalue weighted by atomic mass is 14.6. The van der Waals surface area contributed by atoms with Crippen LogP contribution in [0.3, 0.4) is 0 Å². The van der Waals surface area contributed by atoms with Gasteiger partial charge in [0.1, 0.15) is 0 Å². The van der Waals surface area contributed by atoms with Crippen LogP contribution in [0.1, 0.15) is 12.8 Å². The lowest BCUT2D eigenvalue weighted by atomic mass is 9.51. The van der Waals surface area contributed by atoms with E-state index in [1.807, 2.05) is 0 Å². The Kier molecular flexibility index (Phi) is 0.974. The zero-order valence-electron chi connectivity index (χ0n) is 5.64. The van der Waals surface area contributed by atoms with Gasteiger partial charge >= 0.3 is 0 Å². The third-order valence-corrected chi connectivity index (χ3v) is 3.00. The Balaban J connectivity index is 1.95. The molecule has 0 aromatic heterocycles. The first kappa shape index (κ1) is 5.48. The highest BCUT2D eigenvalue weighted by Gasteiger charge is 2.48. The lowest BCUT2D eigenvalue weighted by Gasteiger charge is -2.54. The molecule has 0 heterocycles. The molecule has 2 rings (SSSR count). The normalized spacial score (nSPS) is 47.2. The van der Waals surface area contributed by atoms with Crippen molar-refractivity contribution in [3.8, 4) is 0 Å². The molecule has 0 radical (unpaired) electrons. The van der Waals surface area contributed by atoms with Gasteiger partial charge in [-0.2, -0.15) is 0 Å². The number of hydrogen-bond donors (Lipinski definition) is 1. The fourth-order valence-corrected chi connectivity index (χ4v) is 2.15. The van der Waals surface area contributed by atoms with Gasteiger partial charge in [-0.3, -0.25) is 0 Å². The van der Waals surface area contributed by atoms with E-state index in [4.69, 9.17) is 5.73 Å². The van der Waals surface area contributed by atoms with Crippen LogP contribution >= 0.6 is 0 Å². The van der Waals surface area contributed by atoms with Gasteiger partial charge in [-0.25, -0.2) is 0 Å². The van der Waals surface area contributed by atoms with Crippen molar-refractivity contribution in [2.24, 2.45) is 23.5 Å². The van der Waals surface area contributed by atoms with E-state index >= 15 is 0 Å².